The summed E-state index contributed by atoms with van der Waals surface area (Å²) in [4.78, 5) is 0. The predicted octanol–water partition coefficient (Wildman–Crippen LogP) is 3.58. The van der Waals surface area contributed by atoms with E-state index in [1.165, 1.54) is 18.2 Å². The van der Waals surface area contributed by atoms with Crippen molar-refractivity contribution in [3.05, 3.63) is 65.0 Å². The molecule has 3 heteroatoms. The largest absolute Gasteiger partial charge is 0.489 e. The fourth-order valence-corrected chi connectivity index (χ4v) is 1.63. The molecular weight excluding hydrogens is 229 g/mol. The van der Waals surface area contributed by atoms with Crippen molar-refractivity contribution in [3.8, 4) is 11.8 Å². The van der Waals surface area contributed by atoms with Crippen LogP contribution >= 0.6 is 0 Å². The molecule has 0 aromatic heterocycles. The second-order valence-electron chi connectivity index (χ2n) is 3.97. The Morgan fingerprint density at radius 1 is 1.22 bits per heavy atom. The molecule has 0 bridgehead atoms. The van der Waals surface area contributed by atoms with Crippen LogP contribution in [0.1, 0.15) is 16.7 Å². The Morgan fingerprint density at radius 2 is 2.00 bits per heavy atom. The van der Waals surface area contributed by atoms with E-state index < -0.39 is 0 Å². The zero-order valence-electron chi connectivity index (χ0n) is 9.98. The third kappa shape index (κ3) is 2.67. The van der Waals surface area contributed by atoms with Gasteiger partial charge in [-0.2, -0.15) is 5.26 Å². The Bertz CT molecular complexity index is 602. The van der Waals surface area contributed by atoms with Gasteiger partial charge in [-0.05, 0) is 36.8 Å². The zero-order valence-corrected chi connectivity index (χ0v) is 9.98. The first kappa shape index (κ1) is 12.1. The van der Waals surface area contributed by atoms with Gasteiger partial charge in [0.2, 0.25) is 0 Å². The molecule has 0 saturated heterocycles. The molecule has 0 spiro atoms. The van der Waals surface area contributed by atoms with Crippen molar-refractivity contribution in [1.82, 2.24) is 0 Å². The second kappa shape index (κ2) is 5.33. The van der Waals surface area contributed by atoms with Crippen molar-refractivity contribution in [2.45, 2.75) is 13.5 Å². The van der Waals surface area contributed by atoms with Crippen molar-refractivity contribution >= 4 is 0 Å². The van der Waals surface area contributed by atoms with Gasteiger partial charge in [-0.3, -0.25) is 0 Å². The van der Waals surface area contributed by atoms with Gasteiger partial charge < -0.3 is 4.74 Å². The fourth-order valence-electron chi connectivity index (χ4n) is 1.63. The molecular formula is C15H12FNO. The normalized spacial score (nSPS) is 9.83. The van der Waals surface area contributed by atoms with Crippen molar-refractivity contribution in [3.63, 3.8) is 0 Å². The molecule has 0 aliphatic rings. The van der Waals surface area contributed by atoms with E-state index in [4.69, 9.17) is 10.00 Å². The van der Waals surface area contributed by atoms with Gasteiger partial charge in [-0.15, -0.1) is 0 Å². The van der Waals surface area contributed by atoms with Crippen LogP contribution in [0.4, 0.5) is 4.39 Å². The van der Waals surface area contributed by atoms with E-state index in [-0.39, 0.29) is 12.4 Å². The summed E-state index contributed by atoms with van der Waals surface area (Å²) in [6, 6.07) is 13.8. The maximum Gasteiger partial charge on any atom is 0.129 e. The number of para-hydroxylation sites is 1. The molecule has 90 valence electrons. The number of nitriles is 1. The molecule has 2 nitrogen and oxygen atoms in total. The highest BCUT2D eigenvalue weighted by Gasteiger charge is 2.05. The first-order chi connectivity index (χ1) is 8.70. The lowest BCUT2D eigenvalue weighted by Gasteiger charge is -2.09. The first-order valence-electron chi connectivity index (χ1n) is 5.57. The summed E-state index contributed by atoms with van der Waals surface area (Å²) in [6.07, 6.45) is 0. The van der Waals surface area contributed by atoms with E-state index in [1.807, 2.05) is 37.3 Å². The highest BCUT2D eigenvalue weighted by molar-refractivity contribution is 5.35. The molecule has 2 aromatic carbocycles. The molecule has 0 fully saturated rings. The van der Waals surface area contributed by atoms with Crippen LogP contribution in [0.15, 0.2) is 42.5 Å². The molecule has 2 aromatic rings. The van der Waals surface area contributed by atoms with Crippen LogP contribution in [0.5, 0.6) is 5.75 Å². The zero-order chi connectivity index (χ0) is 13.0. The van der Waals surface area contributed by atoms with Crippen LogP contribution < -0.4 is 4.74 Å². The predicted molar refractivity (Wildman–Crippen MR) is 66.6 cm³/mol. The standard InChI is InChI=1S/C15H12FNO/c1-11-4-2-3-5-15(11)18-10-13-8-12(9-17)6-7-14(13)16/h2-8H,10H2,1H3. The lowest BCUT2D eigenvalue weighted by molar-refractivity contribution is 0.298. The van der Waals surface area contributed by atoms with E-state index in [0.717, 1.165) is 11.3 Å². The number of ether oxygens (including phenoxy) is 1. The molecule has 0 heterocycles. The van der Waals surface area contributed by atoms with Crippen LogP contribution in [0.25, 0.3) is 0 Å². The Balaban J connectivity index is 2.16. The van der Waals surface area contributed by atoms with Crippen molar-refractivity contribution in [2.75, 3.05) is 0 Å². The summed E-state index contributed by atoms with van der Waals surface area (Å²) in [5.41, 5.74) is 1.81. The van der Waals surface area contributed by atoms with E-state index >= 15 is 0 Å². The van der Waals surface area contributed by atoms with Gasteiger partial charge in [-0.25, -0.2) is 4.39 Å². The topological polar surface area (TPSA) is 33.0 Å². The fraction of sp³-hybridized carbons (Fsp3) is 0.133. The average molecular weight is 241 g/mol. The summed E-state index contributed by atoms with van der Waals surface area (Å²) in [7, 11) is 0. The number of hydrogen-bond donors (Lipinski definition) is 0. The summed E-state index contributed by atoms with van der Waals surface area (Å²) in [5.74, 6) is 0.363. The molecule has 0 amide bonds. The SMILES string of the molecule is Cc1ccccc1OCc1cc(C#N)ccc1F. The Kier molecular flexibility index (Phi) is 3.59. The summed E-state index contributed by atoms with van der Waals surface area (Å²) in [6.45, 7) is 2.05. The molecule has 0 radical (unpaired) electrons. The minimum atomic E-state index is -0.359. The van der Waals surface area contributed by atoms with Crippen molar-refractivity contribution < 1.29 is 9.13 Å². The van der Waals surface area contributed by atoms with E-state index in [0.29, 0.717) is 11.1 Å². The highest BCUT2D eigenvalue weighted by Crippen LogP contribution is 2.19. The Labute approximate surface area is 105 Å². The average Bonchev–Trinajstić information content (AvgIpc) is 2.39. The number of nitrogens with zero attached hydrogens (tertiary/aromatic N) is 1. The molecule has 2 rings (SSSR count). The Morgan fingerprint density at radius 3 is 2.72 bits per heavy atom. The van der Waals surface area contributed by atoms with E-state index in [9.17, 15) is 4.39 Å². The number of benzene rings is 2. The molecule has 0 atom stereocenters. The quantitative estimate of drug-likeness (QED) is 0.822. The molecule has 0 N–H and O–H groups in total. The minimum Gasteiger partial charge on any atom is -0.489 e. The molecule has 0 aliphatic heterocycles. The van der Waals surface area contributed by atoms with Gasteiger partial charge in [0.05, 0.1) is 11.6 Å². The second-order valence-corrected chi connectivity index (χ2v) is 3.97. The summed E-state index contributed by atoms with van der Waals surface area (Å²) < 4.78 is 19.1. The molecule has 0 saturated carbocycles. The van der Waals surface area contributed by atoms with Crippen LogP contribution in [0.2, 0.25) is 0 Å². The van der Waals surface area contributed by atoms with Gasteiger partial charge in [0.15, 0.2) is 0 Å². The van der Waals surface area contributed by atoms with Crippen LogP contribution in [0.3, 0.4) is 0 Å². The summed E-state index contributed by atoms with van der Waals surface area (Å²) in [5, 5.41) is 8.77. The van der Waals surface area contributed by atoms with Gasteiger partial charge in [0, 0.05) is 5.56 Å². The number of hydrogen-bond acceptors (Lipinski definition) is 2. The van der Waals surface area contributed by atoms with Crippen LogP contribution in [0, 0.1) is 24.1 Å². The third-order valence-electron chi connectivity index (χ3n) is 2.65. The maximum atomic E-state index is 13.5. The number of halogens is 1. The number of rotatable bonds is 3. The summed E-state index contributed by atoms with van der Waals surface area (Å²) >= 11 is 0. The van der Waals surface area contributed by atoms with Gasteiger partial charge in [0.25, 0.3) is 0 Å². The Hall–Kier alpha value is -2.34. The number of aryl methyl sites for hydroxylation is 1. The first-order valence-corrected chi connectivity index (χ1v) is 5.57. The highest BCUT2D eigenvalue weighted by atomic mass is 19.1. The lowest BCUT2D eigenvalue weighted by atomic mass is 10.1. The minimum absolute atomic E-state index is 0.117. The maximum absolute atomic E-state index is 13.5. The molecule has 0 aliphatic carbocycles. The lowest BCUT2D eigenvalue weighted by Crippen LogP contribution is -2.00. The molecule has 0 unspecified atom stereocenters. The van der Waals surface area contributed by atoms with E-state index in [1.54, 1.807) is 0 Å². The van der Waals surface area contributed by atoms with Gasteiger partial charge in [-0.1, -0.05) is 18.2 Å². The van der Waals surface area contributed by atoms with Crippen LogP contribution in [-0.2, 0) is 6.61 Å². The van der Waals surface area contributed by atoms with Gasteiger partial charge >= 0.3 is 0 Å². The van der Waals surface area contributed by atoms with Crippen molar-refractivity contribution in [1.29, 1.82) is 5.26 Å². The van der Waals surface area contributed by atoms with Crippen molar-refractivity contribution in [2.24, 2.45) is 0 Å². The molecule has 18 heavy (non-hydrogen) atoms. The van der Waals surface area contributed by atoms with E-state index in [2.05, 4.69) is 0 Å². The smallest absolute Gasteiger partial charge is 0.129 e. The van der Waals surface area contributed by atoms with Crippen LogP contribution in [-0.4, -0.2) is 0 Å². The van der Waals surface area contributed by atoms with Gasteiger partial charge in [0.1, 0.15) is 18.2 Å². The third-order valence-corrected chi connectivity index (χ3v) is 2.65. The monoisotopic (exact) mass is 241 g/mol.